The minimum Gasteiger partial charge on any atom is -0.394 e. The molecule has 0 saturated carbocycles. The molecule has 11 heteroatoms. The molecule has 29 heavy (non-hydrogen) atoms. The highest BCUT2D eigenvalue weighted by molar-refractivity contribution is 6.16. The van der Waals surface area contributed by atoms with E-state index in [0.29, 0.717) is 0 Å². The zero-order chi connectivity index (χ0) is 22.6. The van der Waals surface area contributed by atoms with E-state index in [1.54, 1.807) is 0 Å². The molecular weight excluding hydrogens is 392 g/mol. The molecule has 0 aliphatic heterocycles. The molecule has 0 amide bonds. The van der Waals surface area contributed by atoms with Crippen molar-refractivity contribution in [1.29, 1.82) is 0 Å². The van der Waals surface area contributed by atoms with Gasteiger partial charge in [-0.15, -0.1) is 0 Å². The molecule has 0 bridgehead atoms. The molecule has 6 N–H and O–H groups in total. The van der Waals surface area contributed by atoms with E-state index in [1.807, 2.05) is 0 Å². The van der Waals surface area contributed by atoms with Crippen LogP contribution in [0.4, 0.5) is 0 Å². The van der Waals surface area contributed by atoms with Crippen LogP contribution in [-0.4, -0.2) is 118 Å². The van der Waals surface area contributed by atoms with E-state index in [0.717, 1.165) is 0 Å². The lowest BCUT2D eigenvalue weighted by Crippen LogP contribution is -2.66. The van der Waals surface area contributed by atoms with Crippen molar-refractivity contribution >= 4 is 11.6 Å². The predicted octanol–water partition coefficient (Wildman–Crippen LogP) is -2.84. The lowest BCUT2D eigenvalue weighted by Gasteiger charge is -2.37. The summed E-state index contributed by atoms with van der Waals surface area (Å²) < 4.78 is 15.3. The van der Waals surface area contributed by atoms with E-state index >= 15 is 0 Å². The summed E-state index contributed by atoms with van der Waals surface area (Å²) in [6, 6.07) is 0. The number of hydrogen-bond acceptors (Lipinski definition) is 11. The molecule has 0 aromatic carbocycles. The fourth-order valence-electron chi connectivity index (χ4n) is 2.42. The first-order valence-corrected chi connectivity index (χ1v) is 9.44. The van der Waals surface area contributed by atoms with Crippen LogP contribution in [-0.2, 0) is 23.8 Å². The van der Waals surface area contributed by atoms with Crippen LogP contribution in [0.5, 0.6) is 0 Å². The van der Waals surface area contributed by atoms with Crippen molar-refractivity contribution in [1.82, 2.24) is 0 Å². The molecule has 0 spiro atoms. The number of ketones is 2. The minimum atomic E-state index is -2.99. The van der Waals surface area contributed by atoms with Crippen LogP contribution in [0.1, 0.15) is 26.7 Å². The molecule has 0 aliphatic carbocycles. The molecular formula is C18H34O11. The summed E-state index contributed by atoms with van der Waals surface area (Å²) in [6.07, 6.45) is -0.614. The molecule has 0 radical (unpaired) electrons. The van der Waals surface area contributed by atoms with Gasteiger partial charge in [0.05, 0.1) is 59.5 Å². The number of aliphatic hydroxyl groups excluding tert-OH is 3. The van der Waals surface area contributed by atoms with Gasteiger partial charge in [0.25, 0.3) is 0 Å². The van der Waals surface area contributed by atoms with Crippen molar-refractivity contribution < 1.29 is 54.4 Å². The molecule has 0 aromatic rings. The summed E-state index contributed by atoms with van der Waals surface area (Å²) in [4.78, 5) is 25.4. The molecule has 0 aliphatic rings. The van der Waals surface area contributed by atoms with Crippen LogP contribution >= 0.6 is 0 Å². The SMILES string of the molecule is CCC(O)(CO)C(=O)C(O)(COCCOCCOCCO)C(=O)C(O)(CC)CO. The van der Waals surface area contributed by atoms with Crippen molar-refractivity contribution in [3.63, 3.8) is 0 Å². The van der Waals surface area contributed by atoms with Gasteiger partial charge in [-0.2, -0.15) is 0 Å². The predicted molar refractivity (Wildman–Crippen MR) is 99.2 cm³/mol. The number of carbonyl (C=O) groups excluding carboxylic acids is 2. The average molecular weight is 426 g/mol. The third-order valence-corrected chi connectivity index (χ3v) is 4.58. The van der Waals surface area contributed by atoms with E-state index in [1.165, 1.54) is 13.8 Å². The molecule has 172 valence electrons. The molecule has 2 atom stereocenters. The van der Waals surface area contributed by atoms with Crippen molar-refractivity contribution in [2.24, 2.45) is 0 Å². The van der Waals surface area contributed by atoms with Gasteiger partial charge in [-0.05, 0) is 12.8 Å². The summed E-state index contributed by atoms with van der Waals surface area (Å²) in [6.45, 7) is 0.0830. The Hall–Kier alpha value is -1.02. The number of Topliss-reactive ketones (excluding diaryl/α,β-unsaturated/α-hetero) is 2. The van der Waals surface area contributed by atoms with Crippen LogP contribution < -0.4 is 0 Å². The van der Waals surface area contributed by atoms with E-state index < -0.39 is 48.2 Å². The lowest BCUT2D eigenvalue weighted by atomic mass is 9.76. The second-order valence-electron chi connectivity index (χ2n) is 6.61. The second kappa shape index (κ2) is 13.3. The van der Waals surface area contributed by atoms with Crippen molar-refractivity contribution in [2.75, 3.05) is 59.5 Å². The first-order valence-electron chi connectivity index (χ1n) is 9.44. The first kappa shape index (κ1) is 28.0. The van der Waals surface area contributed by atoms with Gasteiger partial charge in [-0.1, -0.05) is 13.8 Å². The third kappa shape index (κ3) is 7.63. The molecule has 0 aromatic heterocycles. The average Bonchev–Trinajstić information content (AvgIpc) is 2.75. The van der Waals surface area contributed by atoms with Crippen molar-refractivity contribution in [2.45, 2.75) is 43.5 Å². The number of aliphatic hydroxyl groups is 6. The molecule has 0 fully saturated rings. The Morgan fingerprint density at radius 2 is 1.07 bits per heavy atom. The fourth-order valence-corrected chi connectivity index (χ4v) is 2.42. The maximum absolute atomic E-state index is 12.7. The molecule has 0 heterocycles. The normalized spacial score (nSPS) is 17.9. The Morgan fingerprint density at radius 3 is 1.41 bits per heavy atom. The van der Waals surface area contributed by atoms with E-state index in [9.17, 15) is 35.1 Å². The van der Waals surface area contributed by atoms with Gasteiger partial charge >= 0.3 is 0 Å². The van der Waals surface area contributed by atoms with Gasteiger partial charge in [-0.25, -0.2) is 0 Å². The Labute approximate surface area is 169 Å². The van der Waals surface area contributed by atoms with Crippen LogP contribution in [0.15, 0.2) is 0 Å². The zero-order valence-electron chi connectivity index (χ0n) is 17.0. The number of ether oxygens (including phenoxy) is 3. The quantitative estimate of drug-likeness (QED) is 0.0980. The highest BCUT2D eigenvalue weighted by Gasteiger charge is 2.57. The monoisotopic (exact) mass is 426 g/mol. The van der Waals surface area contributed by atoms with Gasteiger partial charge in [0.15, 0.2) is 0 Å². The highest BCUT2D eigenvalue weighted by Crippen LogP contribution is 2.27. The van der Waals surface area contributed by atoms with Crippen molar-refractivity contribution in [3.05, 3.63) is 0 Å². The maximum atomic E-state index is 12.7. The van der Waals surface area contributed by atoms with Gasteiger partial charge in [0.2, 0.25) is 17.2 Å². The van der Waals surface area contributed by atoms with Crippen LogP contribution in [0.2, 0.25) is 0 Å². The summed E-state index contributed by atoms with van der Waals surface area (Å²) in [5, 5.41) is 58.6. The first-order chi connectivity index (χ1) is 13.6. The van der Waals surface area contributed by atoms with Gasteiger partial charge in [-0.3, -0.25) is 9.59 Å². The lowest BCUT2D eigenvalue weighted by molar-refractivity contribution is -0.185. The number of carbonyl (C=O) groups is 2. The molecule has 11 nitrogen and oxygen atoms in total. The van der Waals surface area contributed by atoms with E-state index in [2.05, 4.69) is 0 Å². The molecule has 0 saturated heterocycles. The summed E-state index contributed by atoms with van der Waals surface area (Å²) in [7, 11) is 0. The van der Waals surface area contributed by atoms with Crippen LogP contribution in [0, 0.1) is 0 Å². The third-order valence-electron chi connectivity index (χ3n) is 4.58. The zero-order valence-corrected chi connectivity index (χ0v) is 17.0. The Bertz CT molecular complexity index is 456. The summed E-state index contributed by atoms with van der Waals surface area (Å²) in [5.74, 6) is -2.86. The molecule has 2 unspecified atom stereocenters. The van der Waals surface area contributed by atoms with Gasteiger partial charge < -0.3 is 44.8 Å². The van der Waals surface area contributed by atoms with Gasteiger partial charge in [0.1, 0.15) is 11.2 Å². The molecule has 0 rings (SSSR count). The highest BCUT2D eigenvalue weighted by atomic mass is 16.5. The summed E-state index contributed by atoms with van der Waals surface area (Å²) in [5.41, 5.74) is -7.86. The van der Waals surface area contributed by atoms with Crippen molar-refractivity contribution in [3.8, 4) is 0 Å². The number of hydrogen-bond donors (Lipinski definition) is 6. The smallest absolute Gasteiger partial charge is 0.211 e. The Balaban J connectivity index is 5.13. The summed E-state index contributed by atoms with van der Waals surface area (Å²) >= 11 is 0. The van der Waals surface area contributed by atoms with Crippen LogP contribution in [0.25, 0.3) is 0 Å². The van der Waals surface area contributed by atoms with E-state index in [-0.39, 0.29) is 52.5 Å². The van der Waals surface area contributed by atoms with Gasteiger partial charge in [0, 0.05) is 0 Å². The standard InChI is InChI=1S/C18H34O11/c1-3-16(24,11-20)14(22)18(26,15(23)17(25,4-2)12-21)13-29-10-9-28-8-7-27-6-5-19/h19-21,24-26H,3-13H2,1-2H3. The minimum absolute atomic E-state index is 0.0248. The fraction of sp³-hybridized carbons (Fsp3) is 0.889. The Morgan fingerprint density at radius 1 is 0.690 bits per heavy atom. The number of rotatable bonds is 18. The Kier molecular flexibility index (Phi) is 12.8. The topological polar surface area (TPSA) is 183 Å². The second-order valence-corrected chi connectivity index (χ2v) is 6.61. The van der Waals surface area contributed by atoms with Crippen LogP contribution in [0.3, 0.4) is 0 Å². The largest absolute Gasteiger partial charge is 0.394 e. The van der Waals surface area contributed by atoms with E-state index in [4.69, 9.17) is 19.3 Å². The maximum Gasteiger partial charge on any atom is 0.211 e.